The predicted octanol–water partition coefficient (Wildman–Crippen LogP) is 12.1. The van der Waals surface area contributed by atoms with E-state index in [1.54, 1.807) is 7.11 Å². The molecule has 286 valence electrons. The van der Waals surface area contributed by atoms with Gasteiger partial charge in [-0.1, -0.05) is 147 Å². The Labute approximate surface area is 304 Å². The van der Waals surface area contributed by atoms with E-state index in [1.165, 1.54) is 148 Å². The summed E-state index contributed by atoms with van der Waals surface area (Å²) >= 11 is 0. The van der Waals surface area contributed by atoms with Crippen molar-refractivity contribution < 1.29 is 19.3 Å². The average Bonchev–Trinajstić information content (AvgIpc) is 3.42. The van der Waals surface area contributed by atoms with E-state index in [-0.39, 0.29) is 18.3 Å². The average molecular weight is 688 g/mol. The van der Waals surface area contributed by atoms with E-state index in [1.807, 2.05) is 0 Å². The van der Waals surface area contributed by atoms with Gasteiger partial charge in [0.05, 0.1) is 12.2 Å². The Bertz CT molecular complexity index is 828. The number of hydrogen-bond acceptors (Lipinski definition) is 5. The number of methoxy groups -OCH3 is 1. The molecule has 0 bridgehead atoms. The van der Waals surface area contributed by atoms with Crippen LogP contribution >= 0.6 is 0 Å². The van der Waals surface area contributed by atoms with Crippen LogP contribution in [-0.2, 0) is 14.2 Å². The third-order valence-electron chi connectivity index (χ3n) is 10.6. The van der Waals surface area contributed by atoms with Crippen molar-refractivity contribution in [2.75, 3.05) is 20.2 Å². The van der Waals surface area contributed by atoms with Crippen molar-refractivity contribution in [3.05, 3.63) is 36.5 Å². The van der Waals surface area contributed by atoms with Crippen LogP contribution in [0.25, 0.3) is 0 Å². The lowest BCUT2D eigenvalue weighted by Crippen LogP contribution is -2.42. The van der Waals surface area contributed by atoms with Gasteiger partial charge in [-0.2, -0.15) is 0 Å². The van der Waals surface area contributed by atoms with Gasteiger partial charge in [0.1, 0.15) is 12.2 Å². The Balaban J connectivity index is 1.63. The number of fused-ring (bicyclic) bond motifs is 1. The fourth-order valence-electron chi connectivity index (χ4n) is 7.45. The molecule has 0 aromatic carbocycles. The van der Waals surface area contributed by atoms with Crippen LogP contribution in [0.15, 0.2) is 36.5 Å². The summed E-state index contributed by atoms with van der Waals surface area (Å²) in [4.78, 5) is 0. The van der Waals surface area contributed by atoms with E-state index in [0.717, 1.165) is 32.1 Å². The molecule has 0 spiro atoms. The highest BCUT2D eigenvalue weighted by atomic mass is 16.8. The Morgan fingerprint density at radius 3 is 1.47 bits per heavy atom. The number of allylic oxidation sites excluding steroid dienone is 6. The molecule has 0 saturated carbocycles. The molecule has 0 radical (unpaired) electrons. The quantitative estimate of drug-likeness (QED) is 0.0544. The Hall–Kier alpha value is -0.980. The van der Waals surface area contributed by atoms with Gasteiger partial charge >= 0.3 is 0 Å². The van der Waals surface area contributed by atoms with E-state index in [4.69, 9.17) is 14.2 Å². The zero-order valence-corrected chi connectivity index (χ0v) is 32.7. The zero-order valence-electron chi connectivity index (χ0n) is 32.7. The first-order valence-corrected chi connectivity index (χ1v) is 21.4. The van der Waals surface area contributed by atoms with Crippen molar-refractivity contribution in [1.29, 1.82) is 0 Å². The van der Waals surface area contributed by atoms with E-state index >= 15 is 0 Å². The molecule has 0 amide bonds. The van der Waals surface area contributed by atoms with Crippen molar-refractivity contribution in [1.82, 2.24) is 5.32 Å². The van der Waals surface area contributed by atoms with Crippen molar-refractivity contribution in [3.63, 3.8) is 0 Å². The largest absolute Gasteiger partial charge is 0.389 e. The van der Waals surface area contributed by atoms with Crippen LogP contribution in [0.5, 0.6) is 0 Å². The first kappa shape index (κ1) is 44.2. The van der Waals surface area contributed by atoms with Gasteiger partial charge in [0.15, 0.2) is 5.79 Å². The lowest BCUT2D eigenvalue weighted by Gasteiger charge is -2.30. The van der Waals surface area contributed by atoms with Crippen LogP contribution in [0.1, 0.15) is 194 Å². The predicted molar refractivity (Wildman–Crippen MR) is 210 cm³/mol. The maximum absolute atomic E-state index is 10.9. The first-order valence-electron chi connectivity index (χ1n) is 21.4. The summed E-state index contributed by atoms with van der Waals surface area (Å²) in [5.74, 6) is -0.583. The minimum absolute atomic E-state index is 0.0975. The van der Waals surface area contributed by atoms with Crippen molar-refractivity contribution in [2.24, 2.45) is 0 Å². The lowest BCUT2D eigenvalue weighted by molar-refractivity contribution is -0.200. The van der Waals surface area contributed by atoms with Crippen LogP contribution in [-0.4, -0.2) is 55.5 Å². The maximum atomic E-state index is 10.9. The summed E-state index contributed by atoms with van der Waals surface area (Å²) in [7, 11) is 1.75. The highest BCUT2D eigenvalue weighted by molar-refractivity contribution is 4.97. The van der Waals surface area contributed by atoms with Gasteiger partial charge in [-0.25, -0.2) is 0 Å². The summed E-state index contributed by atoms with van der Waals surface area (Å²) in [6, 6.07) is 0. The number of β-amino-alcohol motifs (C(OH)–C–C–N with tert-alkyl or cyclic N) is 1. The molecule has 0 aromatic rings. The third kappa shape index (κ3) is 21.2. The molecule has 49 heavy (non-hydrogen) atoms. The van der Waals surface area contributed by atoms with Gasteiger partial charge in [0, 0.05) is 33.0 Å². The zero-order chi connectivity index (χ0) is 35.1. The topological polar surface area (TPSA) is 60.0 Å². The SMILES string of the molecule is CCCCC/C=C\C/C=C\CCCCCCCCC1(CCCCCCCC/C=C\CCCCCCCC)O[C@@H]2[C@H](O1)[C@@H](OC)CNC[C@H]2O. The number of nitrogens with one attached hydrogen (secondary N) is 1. The summed E-state index contributed by atoms with van der Waals surface area (Å²) in [5, 5.41) is 14.2. The molecule has 2 fully saturated rings. The minimum atomic E-state index is -0.583. The first-order chi connectivity index (χ1) is 24.2. The number of aliphatic hydroxyl groups is 1. The second-order valence-electron chi connectivity index (χ2n) is 15.1. The van der Waals surface area contributed by atoms with Crippen LogP contribution in [0.2, 0.25) is 0 Å². The van der Waals surface area contributed by atoms with Gasteiger partial charge in [-0.3, -0.25) is 0 Å². The van der Waals surface area contributed by atoms with Crippen molar-refractivity contribution in [2.45, 2.75) is 224 Å². The summed E-state index contributed by atoms with van der Waals surface area (Å²) in [5.41, 5.74) is 0. The van der Waals surface area contributed by atoms with Gasteiger partial charge in [0.25, 0.3) is 0 Å². The van der Waals surface area contributed by atoms with Crippen molar-refractivity contribution in [3.8, 4) is 0 Å². The van der Waals surface area contributed by atoms with Crippen LogP contribution in [0.4, 0.5) is 0 Å². The van der Waals surface area contributed by atoms with E-state index < -0.39 is 11.9 Å². The number of aliphatic hydroxyl groups excluding tert-OH is 1. The molecule has 2 rings (SSSR count). The molecule has 0 aromatic heterocycles. The Morgan fingerprint density at radius 2 is 0.959 bits per heavy atom. The third-order valence-corrected chi connectivity index (χ3v) is 10.6. The normalized spacial score (nSPS) is 24.5. The minimum Gasteiger partial charge on any atom is -0.389 e. The molecule has 2 saturated heterocycles. The summed E-state index contributed by atoms with van der Waals surface area (Å²) in [6.45, 7) is 5.76. The molecule has 2 aliphatic rings. The lowest BCUT2D eigenvalue weighted by atomic mass is 9.98. The Morgan fingerprint density at radius 1 is 0.551 bits per heavy atom. The molecule has 2 heterocycles. The van der Waals surface area contributed by atoms with Gasteiger partial charge in [-0.05, 0) is 70.6 Å². The Kier molecular flexibility index (Phi) is 27.6. The van der Waals surface area contributed by atoms with Gasteiger partial charge < -0.3 is 24.6 Å². The fourth-order valence-corrected chi connectivity index (χ4v) is 7.45. The fraction of sp³-hybridized carbons (Fsp3) is 0.864. The van der Waals surface area contributed by atoms with Gasteiger partial charge in [0.2, 0.25) is 0 Å². The summed E-state index contributed by atoms with van der Waals surface area (Å²) in [6.07, 6.45) is 48.1. The van der Waals surface area contributed by atoms with E-state index in [2.05, 4.69) is 55.6 Å². The van der Waals surface area contributed by atoms with Crippen LogP contribution in [0, 0.1) is 0 Å². The number of unbranched alkanes of at least 4 members (excludes halogenated alkanes) is 21. The van der Waals surface area contributed by atoms with E-state index in [0.29, 0.717) is 13.1 Å². The van der Waals surface area contributed by atoms with Crippen LogP contribution in [0.3, 0.4) is 0 Å². The van der Waals surface area contributed by atoms with E-state index in [9.17, 15) is 5.11 Å². The number of rotatable bonds is 32. The smallest absolute Gasteiger partial charge is 0.169 e. The van der Waals surface area contributed by atoms with Crippen LogP contribution < -0.4 is 5.32 Å². The molecule has 2 aliphatic heterocycles. The molecular weight excluding hydrogens is 606 g/mol. The maximum Gasteiger partial charge on any atom is 0.169 e. The molecule has 5 heteroatoms. The standard InChI is InChI=1S/C44H81NO4/c1-4-6-8-10-12-14-16-18-20-22-24-26-28-30-32-34-36-44(48-42-40(46)38-45-39-41(47-3)43(42)49-44)37-35-33-31-29-27-25-23-21-19-17-15-13-11-9-7-5-2/h12,14,18-21,40-43,45-46H,4-11,13,15-17,22-39H2,1-3H3/b14-12-,20-18-,21-19-/t40-,41+,42+,43-,44?/m1/s1. The number of hydrogen-bond donors (Lipinski definition) is 2. The number of ether oxygens (including phenoxy) is 3. The second-order valence-corrected chi connectivity index (χ2v) is 15.1. The molecular formula is C44H81NO4. The van der Waals surface area contributed by atoms with Gasteiger partial charge in [-0.15, -0.1) is 0 Å². The molecule has 0 aliphatic carbocycles. The summed E-state index contributed by atoms with van der Waals surface area (Å²) < 4.78 is 19.3. The molecule has 5 nitrogen and oxygen atoms in total. The highest BCUT2D eigenvalue weighted by Gasteiger charge is 2.53. The van der Waals surface area contributed by atoms with Crippen molar-refractivity contribution >= 4 is 0 Å². The molecule has 1 unspecified atom stereocenters. The molecule has 2 N–H and O–H groups in total. The highest BCUT2D eigenvalue weighted by Crippen LogP contribution is 2.41. The molecule has 5 atom stereocenters. The monoisotopic (exact) mass is 688 g/mol. The second kappa shape index (κ2) is 30.6.